The molecule has 0 heterocycles. The Labute approximate surface area is 174 Å². The van der Waals surface area contributed by atoms with Crippen LogP contribution in [-0.4, -0.2) is 29.3 Å². The molecule has 0 saturated carbocycles. The minimum atomic E-state index is -1.51. The zero-order valence-corrected chi connectivity index (χ0v) is 16.4. The number of carboxylic acid groups (broad SMARTS) is 1. The summed E-state index contributed by atoms with van der Waals surface area (Å²) in [5.41, 5.74) is 4.55. The highest BCUT2D eigenvalue weighted by atomic mass is 16.4. The second-order valence-corrected chi connectivity index (χ2v) is 7.07. The normalized spacial score (nSPS) is 13.4. The fourth-order valence-electron chi connectivity index (χ4n) is 3.19. The Kier molecular flexibility index (Phi) is 6.25. The van der Waals surface area contributed by atoms with E-state index in [0.29, 0.717) is 0 Å². The van der Waals surface area contributed by atoms with E-state index in [9.17, 15) is 15.0 Å². The van der Waals surface area contributed by atoms with Gasteiger partial charge in [-0.05, 0) is 60.6 Å². The van der Waals surface area contributed by atoms with E-state index in [2.05, 4.69) is 5.32 Å². The summed E-state index contributed by atoms with van der Waals surface area (Å²) >= 11 is 0. The molecule has 1 atom stereocenters. The van der Waals surface area contributed by atoms with Crippen LogP contribution >= 0.6 is 0 Å². The molecule has 0 aliphatic carbocycles. The fraction of sp³-hybridized carbons (Fsp3) is 0.240. The predicted octanol–water partition coefficient (Wildman–Crippen LogP) is 4.62. The third-order valence-corrected chi connectivity index (χ3v) is 4.71. The van der Waals surface area contributed by atoms with Crippen LogP contribution in [0.1, 0.15) is 42.3 Å². The highest BCUT2D eigenvalue weighted by Crippen LogP contribution is 2.22. The van der Waals surface area contributed by atoms with Crippen molar-refractivity contribution in [3.05, 3.63) is 95.1 Å². The Balaban J connectivity index is 1.61. The zero-order chi connectivity index (χ0) is 22.4. The number of carbonyl (C=O) groups is 1. The molecular weight excluding hydrogens is 362 g/mol. The summed E-state index contributed by atoms with van der Waals surface area (Å²) in [7, 11) is 0. The molecule has 3 aromatic rings. The quantitative estimate of drug-likeness (QED) is 0.498. The second kappa shape index (κ2) is 10.0. The van der Waals surface area contributed by atoms with E-state index in [4.69, 9.17) is 2.74 Å². The molecule has 0 spiro atoms. The number of aryl methyl sites for hydroxylation is 2. The van der Waals surface area contributed by atoms with Gasteiger partial charge in [0.1, 0.15) is 0 Å². The first kappa shape index (κ1) is 18.1. The van der Waals surface area contributed by atoms with Gasteiger partial charge in [-0.25, -0.2) is 4.79 Å². The molecule has 0 saturated heterocycles. The molecule has 3 rings (SSSR count). The molecule has 3 aromatic carbocycles. The predicted molar refractivity (Wildman–Crippen MR) is 116 cm³/mol. The van der Waals surface area contributed by atoms with Crippen LogP contribution in [0.3, 0.4) is 0 Å². The first-order valence-electron chi connectivity index (χ1n) is 10.6. The number of hydrogen-bond acceptors (Lipinski definition) is 3. The van der Waals surface area contributed by atoms with E-state index in [-0.39, 0.29) is 25.1 Å². The van der Waals surface area contributed by atoms with E-state index < -0.39 is 18.4 Å². The van der Waals surface area contributed by atoms with Gasteiger partial charge in [0.25, 0.3) is 0 Å². The number of carboxylic acids is 1. The Morgan fingerprint density at radius 1 is 1.03 bits per heavy atom. The van der Waals surface area contributed by atoms with Gasteiger partial charge < -0.3 is 15.5 Å². The second-order valence-electron chi connectivity index (χ2n) is 7.07. The van der Waals surface area contributed by atoms with Gasteiger partial charge in [-0.3, -0.25) is 0 Å². The van der Waals surface area contributed by atoms with Crippen molar-refractivity contribution in [1.82, 2.24) is 5.32 Å². The summed E-state index contributed by atoms with van der Waals surface area (Å²) in [4.78, 5) is 11.2. The van der Waals surface area contributed by atoms with Crippen LogP contribution in [0.4, 0.5) is 0 Å². The van der Waals surface area contributed by atoms with Crippen molar-refractivity contribution in [1.29, 1.82) is 0 Å². The highest BCUT2D eigenvalue weighted by Gasteiger charge is 2.07. The molecule has 0 amide bonds. The van der Waals surface area contributed by atoms with Crippen molar-refractivity contribution >= 4 is 5.97 Å². The topological polar surface area (TPSA) is 69.6 Å². The summed E-state index contributed by atoms with van der Waals surface area (Å²) in [6, 6.07) is 21.8. The number of hydrogen-bond donors (Lipinski definition) is 3. The van der Waals surface area contributed by atoms with Crippen molar-refractivity contribution in [3.8, 4) is 11.1 Å². The molecule has 0 unspecified atom stereocenters. The smallest absolute Gasteiger partial charge is 0.335 e. The third kappa shape index (κ3) is 6.01. The number of benzene rings is 3. The largest absolute Gasteiger partial charge is 0.478 e. The van der Waals surface area contributed by atoms with Crippen LogP contribution in [0.25, 0.3) is 11.1 Å². The minimum Gasteiger partial charge on any atom is -0.478 e. The van der Waals surface area contributed by atoms with Gasteiger partial charge in [0.15, 0.2) is 0 Å². The summed E-state index contributed by atoms with van der Waals surface area (Å²) < 4.78 is 16.7. The lowest BCUT2D eigenvalue weighted by Crippen LogP contribution is -2.22. The van der Waals surface area contributed by atoms with Gasteiger partial charge in [0, 0.05) is 9.29 Å². The lowest BCUT2D eigenvalue weighted by atomic mass is 9.99. The first-order chi connectivity index (χ1) is 14.7. The standard InChI is InChI=1S/C25H27NO3/c1-18-6-2-11-22(14-18)24(27)17-26-13-5-8-19-7-3-9-20(15-19)21-10-4-12-23(16-21)25(28)29/h2-4,6-7,9-12,14-16,24,26-27H,5,8,13,17H2,1H3,(H,28,29)/t24-/m0/s1/i5D2. The van der Waals surface area contributed by atoms with Crippen molar-refractivity contribution < 1.29 is 17.7 Å². The lowest BCUT2D eigenvalue weighted by molar-refractivity contribution is 0.0697. The number of nitrogens with one attached hydrogen (secondary N) is 1. The summed E-state index contributed by atoms with van der Waals surface area (Å²) in [6.07, 6.45) is -2.00. The van der Waals surface area contributed by atoms with E-state index in [1.165, 1.54) is 0 Å². The molecule has 4 nitrogen and oxygen atoms in total. The lowest BCUT2D eigenvalue weighted by Gasteiger charge is -2.13. The third-order valence-electron chi connectivity index (χ3n) is 4.71. The Morgan fingerprint density at radius 3 is 2.52 bits per heavy atom. The van der Waals surface area contributed by atoms with E-state index in [1.54, 1.807) is 18.2 Å². The Bertz CT molecular complexity index is 1050. The maximum atomic E-state index is 11.2. The monoisotopic (exact) mass is 391 g/mol. The van der Waals surface area contributed by atoms with Crippen molar-refractivity contribution in [2.24, 2.45) is 0 Å². The summed E-state index contributed by atoms with van der Waals surface area (Å²) in [5, 5.41) is 22.6. The van der Waals surface area contributed by atoms with Crippen LogP contribution in [0, 0.1) is 6.92 Å². The van der Waals surface area contributed by atoms with Crippen LogP contribution in [0.15, 0.2) is 72.8 Å². The molecule has 0 aliphatic heterocycles. The number of aliphatic hydroxyl groups excluding tert-OH is 1. The average molecular weight is 392 g/mol. The van der Waals surface area contributed by atoms with Crippen molar-refractivity contribution in [2.45, 2.75) is 25.8 Å². The molecule has 0 aliphatic rings. The molecule has 0 bridgehead atoms. The van der Waals surface area contributed by atoms with Gasteiger partial charge in [-0.2, -0.15) is 0 Å². The highest BCUT2D eigenvalue weighted by molar-refractivity contribution is 5.89. The molecule has 150 valence electrons. The van der Waals surface area contributed by atoms with Crippen LogP contribution in [-0.2, 0) is 6.42 Å². The average Bonchev–Trinajstić information content (AvgIpc) is 2.73. The van der Waals surface area contributed by atoms with Gasteiger partial charge in [-0.1, -0.05) is 66.2 Å². The molecule has 4 heteroatoms. The molecule has 0 aromatic heterocycles. The van der Waals surface area contributed by atoms with E-state index in [1.807, 2.05) is 61.5 Å². The molecule has 3 N–H and O–H groups in total. The summed E-state index contributed by atoms with van der Waals surface area (Å²) in [6.45, 7) is 2.34. The van der Waals surface area contributed by atoms with Gasteiger partial charge in [0.2, 0.25) is 0 Å². The molecule has 29 heavy (non-hydrogen) atoms. The summed E-state index contributed by atoms with van der Waals surface area (Å²) in [5.74, 6) is -0.978. The SMILES string of the molecule is [2H]C([2H])(CNC[C@H](O)c1cccc(C)c1)Cc1cccc(-c2cccc(C(=O)O)c2)c1. The first-order valence-corrected chi connectivity index (χ1v) is 9.61. The van der Waals surface area contributed by atoms with Gasteiger partial charge in [-0.15, -0.1) is 0 Å². The Hall–Kier alpha value is -2.95. The van der Waals surface area contributed by atoms with Crippen LogP contribution in [0.2, 0.25) is 0 Å². The van der Waals surface area contributed by atoms with Gasteiger partial charge in [0.05, 0.1) is 11.7 Å². The maximum absolute atomic E-state index is 11.2. The van der Waals surface area contributed by atoms with Gasteiger partial charge >= 0.3 is 5.97 Å². The Morgan fingerprint density at radius 2 is 1.76 bits per heavy atom. The number of aliphatic hydroxyl groups is 1. The van der Waals surface area contributed by atoms with Crippen LogP contribution in [0.5, 0.6) is 0 Å². The van der Waals surface area contributed by atoms with E-state index >= 15 is 0 Å². The maximum Gasteiger partial charge on any atom is 0.335 e. The van der Waals surface area contributed by atoms with Crippen LogP contribution < -0.4 is 5.32 Å². The van der Waals surface area contributed by atoms with E-state index in [0.717, 1.165) is 27.8 Å². The zero-order valence-electron chi connectivity index (χ0n) is 18.4. The molecular formula is C25H27NO3. The number of aromatic carboxylic acids is 1. The van der Waals surface area contributed by atoms with Crippen molar-refractivity contribution in [2.75, 3.05) is 13.1 Å². The molecule has 0 fully saturated rings. The number of rotatable bonds is 9. The molecule has 0 radical (unpaired) electrons. The minimum absolute atomic E-state index is 0.106. The van der Waals surface area contributed by atoms with Crippen molar-refractivity contribution in [3.63, 3.8) is 0 Å². The fourth-order valence-corrected chi connectivity index (χ4v) is 3.19.